The fraction of sp³-hybridized carbons (Fsp3) is 0.529. The van der Waals surface area contributed by atoms with E-state index in [9.17, 15) is 4.79 Å². The number of hydrogen-bond acceptors (Lipinski definition) is 8. The van der Waals surface area contributed by atoms with Crippen LogP contribution in [0.3, 0.4) is 0 Å². The number of rotatable bonds is 4. The molecular formula is C17H22N6O3. The third-order valence-corrected chi connectivity index (χ3v) is 4.01. The third-order valence-electron chi connectivity index (χ3n) is 4.01. The molecule has 0 aromatic carbocycles. The Kier molecular flexibility index (Phi) is 4.47. The van der Waals surface area contributed by atoms with E-state index in [-0.39, 0.29) is 5.97 Å². The second-order valence-corrected chi connectivity index (χ2v) is 7.09. The Morgan fingerprint density at radius 2 is 2.12 bits per heavy atom. The summed E-state index contributed by atoms with van der Waals surface area (Å²) in [6, 6.07) is 0. The number of fused-ring (bicyclic) bond motifs is 1. The maximum atomic E-state index is 12.6. The Balaban J connectivity index is 1.89. The summed E-state index contributed by atoms with van der Waals surface area (Å²) in [7, 11) is 1.53. The maximum Gasteiger partial charge on any atom is 0.336 e. The minimum Gasteiger partial charge on any atom is -0.479 e. The van der Waals surface area contributed by atoms with Crippen molar-refractivity contribution in [1.29, 1.82) is 0 Å². The summed E-state index contributed by atoms with van der Waals surface area (Å²) in [5, 5.41) is 8.43. The summed E-state index contributed by atoms with van der Waals surface area (Å²) >= 11 is 0. The van der Waals surface area contributed by atoms with Crippen LogP contribution in [-0.4, -0.2) is 43.7 Å². The van der Waals surface area contributed by atoms with Gasteiger partial charge in [-0.05, 0) is 27.2 Å². The third kappa shape index (κ3) is 3.29. The van der Waals surface area contributed by atoms with E-state index in [4.69, 9.17) is 9.47 Å². The molecule has 0 radical (unpaired) electrons. The molecule has 0 saturated heterocycles. The quantitative estimate of drug-likeness (QED) is 0.778. The Hall–Kier alpha value is -2.84. The lowest BCUT2D eigenvalue weighted by Gasteiger charge is -2.27. The summed E-state index contributed by atoms with van der Waals surface area (Å²) in [5.74, 6) is 0.0380. The molecule has 0 amide bonds. The molecule has 0 saturated carbocycles. The average molecular weight is 358 g/mol. The fourth-order valence-electron chi connectivity index (χ4n) is 2.66. The Morgan fingerprint density at radius 3 is 2.77 bits per heavy atom. The highest BCUT2D eigenvalue weighted by Crippen LogP contribution is 2.36. The van der Waals surface area contributed by atoms with Crippen LogP contribution < -0.4 is 4.74 Å². The van der Waals surface area contributed by atoms with Gasteiger partial charge in [0, 0.05) is 12.6 Å². The molecule has 3 heterocycles. The van der Waals surface area contributed by atoms with Crippen molar-refractivity contribution in [1.82, 2.24) is 19.5 Å². The predicted octanol–water partition coefficient (Wildman–Crippen LogP) is 2.98. The van der Waals surface area contributed by atoms with Gasteiger partial charge in [-0.15, -0.1) is 0 Å². The first-order chi connectivity index (χ1) is 12.3. The number of ether oxygens (including phenoxy) is 2. The van der Waals surface area contributed by atoms with Crippen molar-refractivity contribution in [2.75, 3.05) is 7.11 Å². The average Bonchev–Trinajstić information content (AvgIpc) is 3.19. The summed E-state index contributed by atoms with van der Waals surface area (Å²) in [6.07, 6.45) is 5.63. The van der Waals surface area contributed by atoms with Gasteiger partial charge in [-0.3, -0.25) is 4.57 Å². The molecule has 9 heteroatoms. The number of azo groups is 1. The fourth-order valence-corrected chi connectivity index (χ4v) is 2.66. The minimum absolute atomic E-state index is 0.361. The first-order valence-electron chi connectivity index (χ1n) is 8.36. The Labute approximate surface area is 151 Å². The molecule has 1 aliphatic rings. The number of carbonyl (C=O) groups excluding carboxylic acids is 1. The molecule has 3 rings (SSSR count). The van der Waals surface area contributed by atoms with E-state index in [1.165, 1.54) is 13.4 Å². The SMILES string of the molecule is CCC1(C(=O)OC(C)(C)C)C/C(=C\n2cnc3c(OC)ncnc32)N=N1. The second kappa shape index (κ2) is 6.47. The lowest BCUT2D eigenvalue weighted by atomic mass is 9.92. The van der Waals surface area contributed by atoms with Crippen molar-refractivity contribution >= 4 is 23.3 Å². The summed E-state index contributed by atoms with van der Waals surface area (Å²) < 4.78 is 12.4. The maximum absolute atomic E-state index is 12.6. The number of aromatic nitrogens is 4. The molecule has 0 N–H and O–H groups in total. The molecule has 2 aromatic rings. The normalized spacial score (nSPS) is 21.5. The monoisotopic (exact) mass is 358 g/mol. The zero-order valence-electron chi connectivity index (χ0n) is 15.6. The number of carbonyl (C=O) groups is 1. The summed E-state index contributed by atoms with van der Waals surface area (Å²) in [5.41, 5.74) is 0.230. The minimum atomic E-state index is -0.984. The van der Waals surface area contributed by atoms with Crippen molar-refractivity contribution in [3.05, 3.63) is 18.4 Å². The zero-order valence-corrected chi connectivity index (χ0v) is 15.6. The van der Waals surface area contributed by atoms with Crippen molar-refractivity contribution in [3.8, 4) is 5.88 Å². The first-order valence-corrected chi connectivity index (χ1v) is 8.36. The van der Waals surface area contributed by atoms with Gasteiger partial charge < -0.3 is 9.47 Å². The number of esters is 1. The highest BCUT2D eigenvalue weighted by atomic mass is 16.6. The number of imidazole rings is 1. The Bertz CT molecular complexity index is 896. The van der Waals surface area contributed by atoms with E-state index in [0.29, 0.717) is 35.6 Å². The van der Waals surface area contributed by atoms with E-state index in [1.807, 2.05) is 27.7 Å². The molecule has 0 aliphatic carbocycles. The zero-order chi connectivity index (χ0) is 18.9. The van der Waals surface area contributed by atoms with Crippen LogP contribution >= 0.6 is 0 Å². The molecule has 1 aliphatic heterocycles. The molecule has 2 aromatic heterocycles. The molecule has 0 bridgehead atoms. The van der Waals surface area contributed by atoms with Crippen LogP contribution in [0.2, 0.25) is 0 Å². The Morgan fingerprint density at radius 1 is 1.35 bits per heavy atom. The van der Waals surface area contributed by atoms with Gasteiger partial charge in [-0.1, -0.05) is 6.92 Å². The van der Waals surface area contributed by atoms with Crippen LogP contribution in [-0.2, 0) is 9.53 Å². The number of hydrogen-bond donors (Lipinski definition) is 0. The van der Waals surface area contributed by atoms with E-state index < -0.39 is 11.1 Å². The van der Waals surface area contributed by atoms with Gasteiger partial charge >= 0.3 is 5.97 Å². The van der Waals surface area contributed by atoms with Crippen LogP contribution in [0.5, 0.6) is 5.88 Å². The van der Waals surface area contributed by atoms with Gasteiger partial charge in [0.25, 0.3) is 0 Å². The van der Waals surface area contributed by atoms with Crippen molar-refractivity contribution < 1.29 is 14.3 Å². The lowest BCUT2D eigenvalue weighted by molar-refractivity contribution is -0.161. The van der Waals surface area contributed by atoms with Crippen LogP contribution in [0.25, 0.3) is 17.4 Å². The van der Waals surface area contributed by atoms with Crippen LogP contribution in [0, 0.1) is 0 Å². The molecule has 1 unspecified atom stereocenters. The van der Waals surface area contributed by atoms with E-state index in [1.54, 1.807) is 17.1 Å². The summed E-state index contributed by atoms with van der Waals surface area (Å²) in [4.78, 5) is 25.1. The molecule has 138 valence electrons. The summed E-state index contributed by atoms with van der Waals surface area (Å²) in [6.45, 7) is 7.40. The molecule has 26 heavy (non-hydrogen) atoms. The lowest BCUT2D eigenvalue weighted by Crippen LogP contribution is -2.40. The topological polar surface area (TPSA) is 104 Å². The van der Waals surface area contributed by atoms with Crippen LogP contribution in [0.1, 0.15) is 40.5 Å². The molecule has 1 atom stereocenters. The van der Waals surface area contributed by atoms with Gasteiger partial charge in [0.05, 0.1) is 12.8 Å². The number of nitrogens with zero attached hydrogens (tertiary/aromatic N) is 6. The van der Waals surface area contributed by atoms with Crippen molar-refractivity contribution in [2.24, 2.45) is 10.2 Å². The van der Waals surface area contributed by atoms with E-state index in [2.05, 4.69) is 25.2 Å². The van der Waals surface area contributed by atoms with Gasteiger partial charge in [-0.25, -0.2) is 14.8 Å². The van der Waals surface area contributed by atoms with Gasteiger partial charge in [0.2, 0.25) is 5.88 Å². The molecular weight excluding hydrogens is 336 g/mol. The van der Waals surface area contributed by atoms with Crippen LogP contribution in [0.4, 0.5) is 0 Å². The molecule has 0 spiro atoms. The predicted molar refractivity (Wildman–Crippen MR) is 94.5 cm³/mol. The standard InChI is InChI=1S/C17H22N6O3/c1-6-17(15(24)26-16(2,3)4)7-11(21-22-17)8-23-10-20-12-13(23)18-9-19-14(12)25-5/h8-10H,6-7H2,1-5H3/b11-8+. The van der Waals surface area contributed by atoms with Crippen molar-refractivity contribution in [2.45, 2.75) is 51.7 Å². The van der Waals surface area contributed by atoms with Crippen LogP contribution in [0.15, 0.2) is 28.6 Å². The van der Waals surface area contributed by atoms with Gasteiger partial charge in [-0.2, -0.15) is 15.2 Å². The van der Waals surface area contributed by atoms with E-state index >= 15 is 0 Å². The van der Waals surface area contributed by atoms with Crippen molar-refractivity contribution in [3.63, 3.8) is 0 Å². The highest BCUT2D eigenvalue weighted by Gasteiger charge is 2.44. The van der Waals surface area contributed by atoms with E-state index in [0.717, 1.165) is 0 Å². The second-order valence-electron chi connectivity index (χ2n) is 7.09. The molecule has 0 fully saturated rings. The number of methoxy groups -OCH3 is 1. The van der Waals surface area contributed by atoms with Gasteiger partial charge in [0.15, 0.2) is 16.7 Å². The molecule has 9 nitrogen and oxygen atoms in total. The van der Waals surface area contributed by atoms with Gasteiger partial charge in [0.1, 0.15) is 18.3 Å². The largest absolute Gasteiger partial charge is 0.479 e. The smallest absolute Gasteiger partial charge is 0.336 e. The first kappa shape index (κ1) is 18.0. The highest BCUT2D eigenvalue weighted by molar-refractivity contribution is 5.83.